The van der Waals surface area contributed by atoms with E-state index in [2.05, 4.69) is 0 Å². The molecule has 0 unspecified atom stereocenters. The Morgan fingerprint density at radius 2 is 1.78 bits per heavy atom. The lowest BCUT2D eigenvalue weighted by Gasteiger charge is -2.15. The fraction of sp³-hybridized carbons (Fsp3) is 0.0588. The summed E-state index contributed by atoms with van der Waals surface area (Å²) < 4.78 is 5.23. The maximum Gasteiger partial charge on any atom is 0.298 e. The fourth-order valence-electron chi connectivity index (χ4n) is 2.20. The van der Waals surface area contributed by atoms with E-state index in [1.54, 1.807) is 54.6 Å². The van der Waals surface area contributed by atoms with E-state index >= 15 is 0 Å². The molecule has 0 bridgehead atoms. The Hall–Kier alpha value is -2.24. The van der Waals surface area contributed by atoms with Crippen molar-refractivity contribution >= 4 is 46.3 Å². The van der Waals surface area contributed by atoms with Crippen molar-refractivity contribution in [2.75, 3.05) is 12.0 Å². The Morgan fingerprint density at radius 1 is 1.09 bits per heavy atom. The summed E-state index contributed by atoms with van der Waals surface area (Å²) in [5, 5.41) is 0.268. The summed E-state index contributed by atoms with van der Waals surface area (Å²) in [6.45, 7) is 0. The van der Waals surface area contributed by atoms with E-state index < -0.39 is 0 Å². The second-order valence-corrected chi connectivity index (χ2v) is 6.17. The zero-order valence-corrected chi connectivity index (χ0v) is 13.7. The second-order valence-electron chi connectivity index (χ2n) is 4.74. The molecule has 1 saturated heterocycles. The van der Waals surface area contributed by atoms with Crippen LogP contribution in [0.1, 0.15) is 5.56 Å². The molecule has 0 N–H and O–H groups in total. The summed E-state index contributed by atoms with van der Waals surface area (Å²) in [6, 6.07) is 14.0. The number of hydrogen-bond donors (Lipinski definition) is 0. The third kappa shape index (κ3) is 3.11. The summed E-state index contributed by atoms with van der Waals surface area (Å²) in [5.41, 5.74) is 1.25. The van der Waals surface area contributed by atoms with Gasteiger partial charge in [-0.25, -0.2) is 4.90 Å². The molecule has 0 aromatic heterocycles. The van der Waals surface area contributed by atoms with Gasteiger partial charge in [0.25, 0.3) is 11.1 Å². The van der Waals surface area contributed by atoms with Gasteiger partial charge in [0.2, 0.25) is 0 Å². The molecule has 0 radical (unpaired) electrons. The van der Waals surface area contributed by atoms with E-state index in [1.807, 2.05) is 0 Å². The van der Waals surface area contributed by atoms with Crippen molar-refractivity contribution in [2.45, 2.75) is 0 Å². The van der Waals surface area contributed by atoms with Gasteiger partial charge in [0, 0.05) is 5.02 Å². The number of nitrogens with zero attached hydrogens (tertiary/aromatic N) is 1. The molecule has 116 valence electrons. The number of carbonyl (C=O) groups excluding carboxylic acids is 2. The van der Waals surface area contributed by atoms with Crippen molar-refractivity contribution in [3.8, 4) is 5.75 Å². The number of para-hydroxylation sites is 2. The van der Waals surface area contributed by atoms with Crippen molar-refractivity contribution in [1.82, 2.24) is 0 Å². The maximum atomic E-state index is 12.6. The number of ether oxygens (including phenoxy) is 1. The van der Waals surface area contributed by atoms with Gasteiger partial charge in [-0.15, -0.1) is 0 Å². The molecule has 1 heterocycles. The summed E-state index contributed by atoms with van der Waals surface area (Å²) in [6.07, 6.45) is 1.68. The van der Waals surface area contributed by atoms with Crippen molar-refractivity contribution in [1.29, 1.82) is 0 Å². The summed E-state index contributed by atoms with van der Waals surface area (Å²) in [7, 11) is 1.50. The SMILES string of the molecule is COc1ccccc1N1C(=O)S/C(=C\c2ccc(Cl)cc2)C1=O. The lowest BCUT2D eigenvalue weighted by atomic mass is 10.2. The number of hydrogen-bond acceptors (Lipinski definition) is 4. The number of thioether (sulfide) groups is 1. The van der Waals surface area contributed by atoms with Crippen molar-refractivity contribution in [3.63, 3.8) is 0 Å². The van der Waals surface area contributed by atoms with E-state index in [-0.39, 0.29) is 11.1 Å². The molecule has 0 atom stereocenters. The maximum absolute atomic E-state index is 12.6. The highest BCUT2D eigenvalue weighted by molar-refractivity contribution is 8.19. The number of imide groups is 1. The van der Waals surface area contributed by atoms with Gasteiger partial charge >= 0.3 is 0 Å². The minimum Gasteiger partial charge on any atom is -0.495 e. The Labute approximate surface area is 142 Å². The molecule has 1 aliphatic heterocycles. The Kier molecular flexibility index (Phi) is 4.41. The van der Waals surface area contributed by atoms with Gasteiger partial charge in [0.1, 0.15) is 5.75 Å². The summed E-state index contributed by atoms with van der Waals surface area (Å²) >= 11 is 6.75. The number of methoxy groups -OCH3 is 1. The van der Waals surface area contributed by atoms with Gasteiger partial charge in [0.05, 0.1) is 17.7 Å². The molecule has 0 aliphatic carbocycles. The smallest absolute Gasteiger partial charge is 0.298 e. The highest BCUT2D eigenvalue weighted by Crippen LogP contribution is 2.39. The number of amides is 2. The Bertz CT molecular complexity index is 802. The van der Waals surface area contributed by atoms with Crippen molar-refractivity contribution in [2.24, 2.45) is 0 Å². The summed E-state index contributed by atoms with van der Waals surface area (Å²) in [5.74, 6) is 0.113. The first-order chi connectivity index (χ1) is 11.1. The first-order valence-corrected chi connectivity index (χ1v) is 7.96. The summed E-state index contributed by atoms with van der Waals surface area (Å²) in [4.78, 5) is 26.3. The van der Waals surface area contributed by atoms with Crippen LogP contribution in [0.4, 0.5) is 10.5 Å². The van der Waals surface area contributed by atoms with Crippen LogP contribution in [0.5, 0.6) is 5.75 Å². The number of carbonyl (C=O) groups is 2. The highest BCUT2D eigenvalue weighted by Gasteiger charge is 2.37. The first-order valence-electron chi connectivity index (χ1n) is 6.76. The first kappa shape index (κ1) is 15.6. The zero-order valence-electron chi connectivity index (χ0n) is 12.2. The Balaban J connectivity index is 1.95. The predicted octanol–water partition coefficient (Wildman–Crippen LogP) is 4.59. The van der Waals surface area contributed by atoms with Crippen LogP contribution in [0.3, 0.4) is 0 Å². The standard InChI is InChI=1S/C17H12ClNO3S/c1-22-14-5-3-2-4-13(14)19-16(20)15(23-17(19)21)10-11-6-8-12(18)9-7-11/h2-10H,1H3/b15-10-. The van der Waals surface area contributed by atoms with Crippen LogP contribution in [-0.4, -0.2) is 18.3 Å². The van der Waals surface area contributed by atoms with Gasteiger partial charge in [-0.05, 0) is 47.7 Å². The van der Waals surface area contributed by atoms with E-state index in [1.165, 1.54) is 7.11 Å². The second kappa shape index (κ2) is 6.48. The number of anilines is 1. The largest absolute Gasteiger partial charge is 0.495 e. The van der Waals surface area contributed by atoms with Gasteiger partial charge in [0.15, 0.2) is 0 Å². The lowest BCUT2D eigenvalue weighted by Crippen LogP contribution is -2.28. The van der Waals surface area contributed by atoms with Crippen LogP contribution in [0.15, 0.2) is 53.4 Å². The van der Waals surface area contributed by atoms with Crippen LogP contribution in [0.25, 0.3) is 6.08 Å². The average molecular weight is 346 g/mol. The average Bonchev–Trinajstić information content (AvgIpc) is 2.83. The number of benzene rings is 2. The Morgan fingerprint density at radius 3 is 2.48 bits per heavy atom. The molecule has 0 spiro atoms. The molecule has 1 aliphatic rings. The minimum atomic E-state index is -0.362. The molecule has 2 amide bonds. The molecule has 1 fully saturated rings. The molecule has 3 rings (SSSR count). The van der Waals surface area contributed by atoms with E-state index in [0.29, 0.717) is 21.4 Å². The van der Waals surface area contributed by atoms with Crippen LogP contribution in [0, 0.1) is 0 Å². The van der Waals surface area contributed by atoms with E-state index in [9.17, 15) is 9.59 Å². The van der Waals surface area contributed by atoms with E-state index in [4.69, 9.17) is 16.3 Å². The van der Waals surface area contributed by atoms with Gasteiger partial charge < -0.3 is 4.74 Å². The van der Waals surface area contributed by atoms with Gasteiger partial charge in [-0.1, -0.05) is 35.9 Å². The topological polar surface area (TPSA) is 46.6 Å². The molecular weight excluding hydrogens is 334 g/mol. The quantitative estimate of drug-likeness (QED) is 0.763. The van der Waals surface area contributed by atoms with Crippen molar-refractivity contribution < 1.29 is 14.3 Å². The number of rotatable bonds is 3. The van der Waals surface area contributed by atoms with Gasteiger partial charge in [-0.3, -0.25) is 9.59 Å². The third-order valence-corrected chi connectivity index (χ3v) is 4.41. The van der Waals surface area contributed by atoms with Crippen LogP contribution >= 0.6 is 23.4 Å². The highest BCUT2D eigenvalue weighted by atomic mass is 35.5. The van der Waals surface area contributed by atoms with Gasteiger partial charge in [-0.2, -0.15) is 0 Å². The van der Waals surface area contributed by atoms with Crippen molar-refractivity contribution in [3.05, 3.63) is 64.0 Å². The normalized spacial score (nSPS) is 16.3. The monoisotopic (exact) mass is 345 g/mol. The third-order valence-electron chi connectivity index (χ3n) is 3.29. The number of halogens is 1. The molecule has 2 aromatic carbocycles. The minimum absolute atomic E-state index is 0.347. The van der Waals surface area contributed by atoms with E-state index in [0.717, 1.165) is 22.2 Å². The molecule has 0 saturated carbocycles. The zero-order chi connectivity index (χ0) is 16.4. The van der Waals surface area contributed by atoms with Crippen LogP contribution in [0.2, 0.25) is 5.02 Å². The lowest BCUT2D eigenvalue weighted by molar-refractivity contribution is -0.113. The fourth-order valence-corrected chi connectivity index (χ4v) is 3.16. The molecule has 23 heavy (non-hydrogen) atoms. The molecule has 2 aromatic rings. The predicted molar refractivity (Wildman–Crippen MR) is 92.9 cm³/mol. The van der Waals surface area contributed by atoms with Crippen LogP contribution < -0.4 is 9.64 Å². The molecular formula is C17H12ClNO3S. The molecule has 4 nitrogen and oxygen atoms in total. The van der Waals surface area contributed by atoms with Crippen LogP contribution in [-0.2, 0) is 4.79 Å². The molecule has 6 heteroatoms.